The van der Waals surface area contributed by atoms with Crippen LogP contribution in [0.5, 0.6) is 0 Å². The molecule has 0 bridgehead atoms. The van der Waals surface area contributed by atoms with Gasteiger partial charge in [-0.05, 0) is 44.9 Å². The number of carbonyl (C=O) groups is 1. The lowest BCUT2D eigenvalue weighted by Gasteiger charge is -2.30. The molecule has 1 aliphatic rings. The van der Waals surface area contributed by atoms with Crippen LogP contribution >= 0.6 is 0 Å². The molecule has 1 heterocycles. The molecule has 1 aromatic carbocycles. The zero-order valence-electron chi connectivity index (χ0n) is 11.7. The van der Waals surface area contributed by atoms with Crippen molar-refractivity contribution in [2.45, 2.75) is 38.8 Å². The first kappa shape index (κ1) is 14.5. The molecular formula is C14H19N3O3. The number of hydrogen-bond acceptors (Lipinski definition) is 4. The monoisotopic (exact) mass is 277 g/mol. The van der Waals surface area contributed by atoms with Crippen LogP contribution in [0.3, 0.4) is 0 Å². The second-order valence-electron chi connectivity index (χ2n) is 5.28. The first-order valence-corrected chi connectivity index (χ1v) is 6.77. The fourth-order valence-corrected chi connectivity index (χ4v) is 2.49. The molecule has 0 aromatic heterocycles. The molecule has 0 saturated carbocycles. The zero-order chi connectivity index (χ0) is 14.7. The quantitative estimate of drug-likeness (QED) is 0.651. The molecule has 1 amide bonds. The van der Waals surface area contributed by atoms with E-state index in [2.05, 4.69) is 10.6 Å². The van der Waals surface area contributed by atoms with Crippen LogP contribution in [-0.2, 0) is 0 Å². The molecule has 108 valence electrons. The third-order valence-corrected chi connectivity index (χ3v) is 3.61. The molecule has 2 rings (SSSR count). The molecule has 1 saturated heterocycles. The van der Waals surface area contributed by atoms with E-state index in [-0.39, 0.29) is 23.7 Å². The number of nitro groups is 1. The SMILES string of the molecule is Cc1cc(C(=O)NC2CCCNC2C)cc([N+](=O)[O-])c1. The Kier molecular flexibility index (Phi) is 4.34. The van der Waals surface area contributed by atoms with Gasteiger partial charge in [0.05, 0.1) is 4.92 Å². The smallest absolute Gasteiger partial charge is 0.270 e. The van der Waals surface area contributed by atoms with E-state index in [0.717, 1.165) is 19.4 Å². The van der Waals surface area contributed by atoms with Crippen molar-refractivity contribution in [2.24, 2.45) is 0 Å². The number of benzene rings is 1. The van der Waals surface area contributed by atoms with E-state index in [1.165, 1.54) is 12.1 Å². The van der Waals surface area contributed by atoms with Crippen LogP contribution in [0, 0.1) is 17.0 Å². The summed E-state index contributed by atoms with van der Waals surface area (Å²) in [5.41, 5.74) is 0.999. The van der Waals surface area contributed by atoms with Crippen molar-refractivity contribution in [3.63, 3.8) is 0 Å². The van der Waals surface area contributed by atoms with Crippen LogP contribution in [0.2, 0.25) is 0 Å². The maximum Gasteiger partial charge on any atom is 0.270 e. The Morgan fingerprint density at radius 3 is 2.85 bits per heavy atom. The van der Waals surface area contributed by atoms with Gasteiger partial charge in [-0.3, -0.25) is 14.9 Å². The van der Waals surface area contributed by atoms with Gasteiger partial charge in [-0.15, -0.1) is 0 Å². The Balaban J connectivity index is 2.14. The highest BCUT2D eigenvalue weighted by molar-refractivity contribution is 5.95. The van der Waals surface area contributed by atoms with Crippen molar-refractivity contribution >= 4 is 11.6 Å². The van der Waals surface area contributed by atoms with E-state index in [1.807, 2.05) is 6.92 Å². The molecule has 1 aliphatic heterocycles. The minimum absolute atomic E-state index is 0.0510. The summed E-state index contributed by atoms with van der Waals surface area (Å²) < 4.78 is 0. The van der Waals surface area contributed by atoms with Crippen molar-refractivity contribution < 1.29 is 9.72 Å². The van der Waals surface area contributed by atoms with Crippen LogP contribution in [0.1, 0.15) is 35.7 Å². The molecule has 6 heteroatoms. The summed E-state index contributed by atoms with van der Waals surface area (Å²) in [4.78, 5) is 22.6. The number of nitro benzene ring substituents is 1. The summed E-state index contributed by atoms with van der Waals surface area (Å²) in [5.74, 6) is -0.252. The lowest BCUT2D eigenvalue weighted by molar-refractivity contribution is -0.384. The summed E-state index contributed by atoms with van der Waals surface area (Å²) in [6, 6.07) is 4.73. The summed E-state index contributed by atoms with van der Waals surface area (Å²) in [5, 5.41) is 17.1. The van der Waals surface area contributed by atoms with Crippen molar-refractivity contribution in [3.05, 3.63) is 39.4 Å². The number of nitrogens with zero attached hydrogens (tertiary/aromatic N) is 1. The van der Waals surface area contributed by atoms with Gasteiger partial charge in [-0.2, -0.15) is 0 Å². The highest BCUT2D eigenvalue weighted by atomic mass is 16.6. The second-order valence-corrected chi connectivity index (χ2v) is 5.28. The van der Waals surface area contributed by atoms with Gasteiger partial charge in [0.15, 0.2) is 0 Å². The first-order chi connectivity index (χ1) is 9.47. The Labute approximate surface area is 117 Å². The largest absolute Gasteiger partial charge is 0.348 e. The number of hydrogen-bond donors (Lipinski definition) is 2. The van der Waals surface area contributed by atoms with E-state index in [0.29, 0.717) is 11.1 Å². The Morgan fingerprint density at radius 1 is 1.45 bits per heavy atom. The van der Waals surface area contributed by atoms with E-state index in [4.69, 9.17) is 0 Å². The molecule has 20 heavy (non-hydrogen) atoms. The second kappa shape index (κ2) is 6.00. The Hall–Kier alpha value is -1.95. The number of carbonyl (C=O) groups excluding carboxylic acids is 1. The van der Waals surface area contributed by atoms with Crippen LogP contribution in [0.15, 0.2) is 18.2 Å². The van der Waals surface area contributed by atoms with Gasteiger partial charge in [0.2, 0.25) is 0 Å². The van der Waals surface area contributed by atoms with Gasteiger partial charge < -0.3 is 10.6 Å². The number of amides is 1. The minimum Gasteiger partial charge on any atom is -0.348 e. The van der Waals surface area contributed by atoms with Crippen LogP contribution in [-0.4, -0.2) is 29.5 Å². The maximum atomic E-state index is 12.2. The molecule has 0 radical (unpaired) electrons. The van der Waals surface area contributed by atoms with Gasteiger partial charge >= 0.3 is 0 Å². The normalized spacial score (nSPS) is 22.3. The van der Waals surface area contributed by atoms with Crippen LogP contribution in [0.4, 0.5) is 5.69 Å². The first-order valence-electron chi connectivity index (χ1n) is 6.77. The standard InChI is InChI=1S/C14H19N3O3/c1-9-6-11(8-12(7-9)17(19)20)14(18)16-13-4-3-5-15-10(13)2/h6-8,10,13,15H,3-5H2,1-2H3,(H,16,18). The Bertz CT molecular complexity index is 530. The average molecular weight is 277 g/mol. The predicted octanol–water partition coefficient (Wildman–Crippen LogP) is 1.77. The van der Waals surface area contributed by atoms with Gasteiger partial charge in [-0.1, -0.05) is 0 Å². The van der Waals surface area contributed by atoms with E-state index in [1.54, 1.807) is 13.0 Å². The number of nitrogens with one attached hydrogen (secondary N) is 2. The number of piperidine rings is 1. The highest BCUT2D eigenvalue weighted by Gasteiger charge is 2.23. The van der Waals surface area contributed by atoms with Crippen molar-refractivity contribution in [2.75, 3.05) is 6.54 Å². The lowest BCUT2D eigenvalue weighted by atomic mass is 9.99. The minimum atomic E-state index is -0.478. The lowest BCUT2D eigenvalue weighted by Crippen LogP contribution is -2.51. The fourth-order valence-electron chi connectivity index (χ4n) is 2.49. The molecule has 6 nitrogen and oxygen atoms in total. The molecule has 0 aliphatic carbocycles. The summed E-state index contributed by atoms with van der Waals surface area (Å²) in [6.45, 7) is 4.74. The maximum absolute atomic E-state index is 12.2. The third-order valence-electron chi connectivity index (χ3n) is 3.61. The summed E-state index contributed by atoms with van der Waals surface area (Å²) in [7, 11) is 0. The number of non-ortho nitro benzene ring substituents is 1. The number of aryl methyl sites for hydroxylation is 1. The molecule has 1 fully saturated rings. The van der Waals surface area contributed by atoms with E-state index in [9.17, 15) is 14.9 Å². The molecular weight excluding hydrogens is 258 g/mol. The van der Waals surface area contributed by atoms with Gasteiger partial charge in [0.25, 0.3) is 11.6 Å². The topological polar surface area (TPSA) is 84.3 Å². The van der Waals surface area contributed by atoms with Crippen LogP contribution in [0.25, 0.3) is 0 Å². The van der Waals surface area contributed by atoms with Gasteiger partial charge in [0.1, 0.15) is 0 Å². The predicted molar refractivity (Wildman–Crippen MR) is 75.8 cm³/mol. The molecule has 1 aromatic rings. The summed E-state index contributed by atoms with van der Waals surface area (Å²) in [6.07, 6.45) is 1.94. The van der Waals surface area contributed by atoms with E-state index < -0.39 is 4.92 Å². The summed E-state index contributed by atoms with van der Waals surface area (Å²) >= 11 is 0. The van der Waals surface area contributed by atoms with Gasteiger partial charge in [-0.25, -0.2) is 0 Å². The highest BCUT2D eigenvalue weighted by Crippen LogP contribution is 2.17. The van der Waals surface area contributed by atoms with E-state index >= 15 is 0 Å². The molecule has 2 N–H and O–H groups in total. The average Bonchev–Trinajstić information content (AvgIpc) is 2.40. The molecule has 2 atom stereocenters. The van der Waals surface area contributed by atoms with Crippen molar-refractivity contribution in [1.29, 1.82) is 0 Å². The van der Waals surface area contributed by atoms with Crippen molar-refractivity contribution in [3.8, 4) is 0 Å². The fraction of sp³-hybridized carbons (Fsp3) is 0.500. The zero-order valence-corrected chi connectivity index (χ0v) is 11.7. The molecule has 0 spiro atoms. The van der Waals surface area contributed by atoms with Crippen molar-refractivity contribution in [1.82, 2.24) is 10.6 Å². The molecule has 2 unspecified atom stereocenters. The third kappa shape index (κ3) is 3.33. The number of rotatable bonds is 3. The van der Waals surface area contributed by atoms with Crippen LogP contribution < -0.4 is 10.6 Å². The Morgan fingerprint density at radius 2 is 2.20 bits per heavy atom. The van der Waals surface area contributed by atoms with Gasteiger partial charge in [0, 0.05) is 29.8 Å².